The summed E-state index contributed by atoms with van der Waals surface area (Å²) in [6, 6.07) is 1.53. The predicted octanol–water partition coefficient (Wildman–Crippen LogP) is 2.91. The second kappa shape index (κ2) is 3.41. The molecule has 2 aliphatic rings. The van der Waals surface area contributed by atoms with E-state index in [1.54, 1.807) is 0 Å². The summed E-state index contributed by atoms with van der Waals surface area (Å²) in [6.07, 6.45) is 2.74. The third-order valence-electron chi connectivity index (χ3n) is 4.64. The van der Waals surface area contributed by atoms with Crippen molar-refractivity contribution >= 4 is 11.8 Å². The maximum Gasteiger partial charge on any atom is 0.0183 e. The van der Waals surface area contributed by atoms with Crippen LogP contribution in [0.3, 0.4) is 0 Å². The minimum Gasteiger partial charge on any atom is -0.310 e. The number of thioether (sulfide) groups is 1. The van der Waals surface area contributed by atoms with Crippen LogP contribution in [0.15, 0.2) is 0 Å². The average Bonchev–Trinajstić information content (AvgIpc) is 2.50. The van der Waals surface area contributed by atoms with Crippen LogP contribution < -0.4 is 5.32 Å². The molecule has 1 nitrogen and oxygen atoms in total. The lowest BCUT2D eigenvalue weighted by atomic mass is 10.0. The van der Waals surface area contributed by atoms with Crippen LogP contribution in [0.2, 0.25) is 0 Å². The second-order valence-corrected chi connectivity index (χ2v) is 7.15. The van der Waals surface area contributed by atoms with Gasteiger partial charge in [0.05, 0.1) is 0 Å². The van der Waals surface area contributed by atoms with Gasteiger partial charge in [-0.3, -0.25) is 0 Å². The molecule has 14 heavy (non-hydrogen) atoms. The van der Waals surface area contributed by atoms with Gasteiger partial charge in [0.25, 0.3) is 0 Å². The number of hydrogen-bond acceptors (Lipinski definition) is 2. The Labute approximate surface area is 92.4 Å². The molecule has 2 rings (SSSR count). The third kappa shape index (κ3) is 1.61. The first-order valence-corrected chi connectivity index (χ1v) is 6.95. The molecule has 0 unspecified atom stereocenters. The van der Waals surface area contributed by atoms with E-state index in [2.05, 4.69) is 44.8 Å². The van der Waals surface area contributed by atoms with Gasteiger partial charge >= 0.3 is 0 Å². The number of rotatable bonds is 2. The van der Waals surface area contributed by atoms with Crippen LogP contribution in [0.4, 0.5) is 0 Å². The summed E-state index contributed by atoms with van der Waals surface area (Å²) in [5, 5.41) is 3.86. The van der Waals surface area contributed by atoms with E-state index in [-0.39, 0.29) is 0 Å². The van der Waals surface area contributed by atoms with Crippen molar-refractivity contribution in [3.63, 3.8) is 0 Å². The van der Waals surface area contributed by atoms with Gasteiger partial charge in [-0.15, -0.1) is 0 Å². The van der Waals surface area contributed by atoms with Crippen LogP contribution >= 0.6 is 11.8 Å². The fraction of sp³-hybridized carbons (Fsp3) is 1.00. The Bertz CT molecular complexity index is 202. The van der Waals surface area contributed by atoms with Gasteiger partial charge in [-0.2, -0.15) is 11.8 Å². The van der Waals surface area contributed by atoms with E-state index in [0.717, 1.165) is 12.1 Å². The molecule has 2 heteroatoms. The number of nitrogens with one attached hydrogen (secondary N) is 1. The molecular formula is C12H23NS. The first kappa shape index (κ1) is 10.8. The molecule has 0 aromatic rings. The lowest BCUT2D eigenvalue weighted by Crippen LogP contribution is -2.36. The van der Waals surface area contributed by atoms with E-state index in [0.29, 0.717) is 10.8 Å². The van der Waals surface area contributed by atoms with Gasteiger partial charge in [0.15, 0.2) is 0 Å². The molecule has 1 heterocycles. The summed E-state index contributed by atoms with van der Waals surface area (Å²) in [4.78, 5) is 0. The van der Waals surface area contributed by atoms with Gasteiger partial charge in [0.1, 0.15) is 0 Å². The minimum absolute atomic E-state index is 0.498. The molecule has 0 aromatic carbocycles. The van der Waals surface area contributed by atoms with Crippen molar-refractivity contribution < 1.29 is 0 Å². The molecule has 0 atom stereocenters. The first-order chi connectivity index (χ1) is 6.46. The maximum atomic E-state index is 3.86. The molecule has 0 bridgehead atoms. The van der Waals surface area contributed by atoms with E-state index in [9.17, 15) is 0 Å². The molecule has 1 saturated heterocycles. The monoisotopic (exact) mass is 213 g/mol. The van der Waals surface area contributed by atoms with Crippen molar-refractivity contribution in [2.24, 2.45) is 10.8 Å². The molecule has 0 spiro atoms. The van der Waals surface area contributed by atoms with Crippen LogP contribution in [-0.2, 0) is 0 Å². The molecule has 2 fully saturated rings. The summed E-state index contributed by atoms with van der Waals surface area (Å²) < 4.78 is 0. The number of hydrogen-bond donors (Lipinski definition) is 1. The third-order valence-corrected chi connectivity index (χ3v) is 5.69. The summed E-state index contributed by atoms with van der Waals surface area (Å²) >= 11 is 2.11. The zero-order chi connectivity index (χ0) is 10.4. The molecule has 1 aliphatic heterocycles. The van der Waals surface area contributed by atoms with Gasteiger partial charge in [-0.1, -0.05) is 27.7 Å². The Balaban J connectivity index is 1.87. The average molecular weight is 213 g/mol. The predicted molar refractivity (Wildman–Crippen MR) is 64.8 cm³/mol. The van der Waals surface area contributed by atoms with Crippen molar-refractivity contribution in [1.29, 1.82) is 0 Å². The molecule has 1 aliphatic carbocycles. The van der Waals surface area contributed by atoms with Crippen LogP contribution in [0.1, 0.15) is 40.5 Å². The standard InChI is InChI=1S/C12H23NS/c1-11(2)10(12(11,3)4)13-9-5-7-14-8-6-9/h9-10,13H,5-8H2,1-4H3. The molecule has 1 N–H and O–H groups in total. The van der Waals surface area contributed by atoms with Crippen molar-refractivity contribution in [1.82, 2.24) is 5.32 Å². The molecule has 0 radical (unpaired) electrons. The van der Waals surface area contributed by atoms with Crippen LogP contribution in [0.25, 0.3) is 0 Å². The SMILES string of the molecule is CC1(C)C(NC2CCSCC2)C1(C)C. The normalized spacial score (nSPS) is 31.7. The van der Waals surface area contributed by atoms with Crippen LogP contribution in [0.5, 0.6) is 0 Å². The Morgan fingerprint density at radius 3 is 1.93 bits per heavy atom. The Kier molecular flexibility index (Phi) is 2.64. The molecular weight excluding hydrogens is 190 g/mol. The van der Waals surface area contributed by atoms with Gasteiger partial charge in [0.2, 0.25) is 0 Å². The summed E-state index contributed by atoms with van der Waals surface area (Å²) in [6.45, 7) is 9.56. The van der Waals surface area contributed by atoms with Gasteiger partial charge in [0, 0.05) is 12.1 Å². The van der Waals surface area contributed by atoms with E-state index >= 15 is 0 Å². The van der Waals surface area contributed by atoms with Gasteiger partial charge in [-0.05, 0) is 35.2 Å². The zero-order valence-corrected chi connectivity index (χ0v) is 10.7. The largest absolute Gasteiger partial charge is 0.310 e. The molecule has 82 valence electrons. The molecule has 0 amide bonds. The van der Waals surface area contributed by atoms with Crippen LogP contribution in [0, 0.1) is 10.8 Å². The lowest BCUT2D eigenvalue weighted by molar-refractivity contribution is 0.437. The van der Waals surface area contributed by atoms with Crippen molar-refractivity contribution in [3.05, 3.63) is 0 Å². The molecule has 0 aromatic heterocycles. The fourth-order valence-electron chi connectivity index (χ4n) is 2.71. The Hall–Kier alpha value is 0.310. The smallest absolute Gasteiger partial charge is 0.0183 e. The maximum absolute atomic E-state index is 3.86. The van der Waals surface area contributed by atoms with Gasteiger partial charge in [-0.25, -0.2) is 0 Å². The van der Waals surface area contributed by atoms with Crippen molar-refractivity contribution in [2.75, 3.05) is 11.5 Å². The van der Waals surface area contributed by atoms with Crippen LogP contribution in [-0.4, -0.2) is 23.6 Å². The zero-order valence-electron chi connectivity index (χ0n) is 9.89. The van der Waals surface area contributed by atoms with E-state index in [1.807, 2.05) is 0 Å². The highest BCUT2D eigenvalue weighted by Crippen LogP contribution is 2.62. The van der Waals surface area contributed by atoms with Gasteiger partial charge < -0.3 is 5.32 Å². The fourth-order valence-corrected chi connectivity index (χ4v) is 3.82. The van der Waals surface area contributed by atoms with E-state index < -0.39 is 0 Å². The minimum atomic E-state index is 0.498. The quantitative estimate of drug-likeness (QED) is 0.757. The Morgan fingerprint density at radius 1 is 1.00 bits per heavy atom. The van der Waals surface area contributed by atoms with Crippen molar-refractivity contribution in [2.45, 2.75) is 52.6 Å². The summed E-state index contributed by atoms with van der Waals surface area (Å²) in [7, 11) is 0. The van der Waals surface area contributed by atoms with E-state index in [4.69, 9.17) is 0 Å². The highest BCUT2D eigenvalue weighted by Gasteiger charge is 2.64. The Morgan fingerprint density at radius 2 is 1.50 bits per heavy atom. The highest BCUT2D eigenvalue weighted by molar-refractivity contribution is 7.99. The highest BCUT2D eigenvalue weighted by atomic mass is 32.2. The topological polar surface area (TPSA) is 12.0 Å². The second-order valence-electron chi connectivity index (χ2n) is 5.93. The van der Waals surface area contributed by atoms with Crippen molar-refractivity contribution in [3.8, 4) is 0 Å². The lowest BCUT2D eigenvalue weighted by Gasteiger charge is -2.23. The molecule has 1 saturated carbocycles. The van der Waals surface area contributed by atoms with E-state index in [1.165, 1.54) is 24.3 Å². The summed E-state index contributed by atoms with van der Waals surface area (Å²) in [5.41, 5.74) is 0.995. The first-order valence-electron chi connectivity index (χ1n) is 5.80. The summed E-state index contributed by atoms with van der Waals surface area (Å²) in [5.74, 6) is 2.70.